The van der Waals surface area contributed by atoms with Crippen LogP contribution in [-0.2, 0) is 0 Å². The molecule has 8 nitrogen and oxygen atoms in total. The van der Waals surface area contributed by atoms with Gasteiger partial charge in [-0.1, -0.05) is 25.4 Å². The summed E-state index contributed by atoms with van der Waals surface area (Å²) in [6, 6.07) is 11.9. The van der Waals surface area contributed by atoms with Crippen molar-refractivity contribution in [3.8, 4) is 5.75 Å². The molecule has 3 aromatic rings. The molecule has 10 heteroatoms. The summed E-state index contributed by atoms with van der Waals surface area (Å²) in [6.07, 6.45) is 1.07. The topological polar surface area (TPSA) is 91.4 Å². The summed E-state index contributed by atoms with van der Waals surface area (Å²) in [5, 5.41) is 9.21. The number of anilines is 4. The molecule has 0 spiro atoms. The predicted molar refractivity (Wildman–Crippen MR) is 133 cm³/mol. The van der Waals surface area contributed by atoms with Crippen LogP contribution in [0, 0.1) is 5.82 Å². The summed E-state index contributed by atoms with van der Waals surface area (Å²) in [6.45, 7) is 7.47. The van der Waals surface area contributed by atoms with E-state index in [-0.39, 0.29) is 17.7 Å². The van der Waals surface area contributed by atoms with E-state index in [0.29, 0.717) is 34.3 Å². The number of hydrogen-bond acceptors (Lipinski definition) is 7. The second kappa shape index (κ2) is 12.2. The van der Waals surface area contributed by atoms with Crippen LogP contribution in [0.5, 0.6) is 5.75 Å². The van der Waals surface area contributed by atoms with Crippen molar-refractivity contribution in [1.29, 1.82) is 0 Å². The molecule has 0 atom stereocenters. The normalized spacial score (nSPS) is 10.8. The quantitative estimate of drug-likeness (QED) is 0.357. The Labute approximate surface area is 203 Å². The van der Waals surface area contributed by atoms with Crippen LogP contribution in [0.25, 0.3) is 0 Å². The molecule has 1 heterocycles. The molecular formula is C24H28ClFN6O2. The molecule has 0 aliphatic rings. The molecular weight excluding hydrogens is 459 g/mol. The number of halogens is 2. The number of nitrogens with one attached hydrogen (secondary N) is 3. The summed E-state index contributed by atoms with van der Waals surface area (Å²) < 4.78 is 19.4. The second-order valence-corrected chi connectivity index (χ2v) is 7.76. The van der Waals surface area contributed by atoms with Crippen LogP contribution >= 0.6 is 11.6 Å². The van der Waals surface area contributed by atoms with Gasteiger partial charge in [0.15, 0.2) is 11.6 Å². The Hall–Kier alpha value is -3.43. The average Bonchev–Trinajstić information content (AvgIpc) is 2.84. The Bertz CT molecular complexity index is 1110. The van der Waals surface area contributed by atoms with Gasteiger partial charge in [0.2, 0.25) is 5.95 Å². The zero-order valence-electron chi connectivity index (χ0n) is 19.4. The molecule has 0 saturated heterocycles. The summed E-state index contributed by atoms with van der Waals surface area (Å²) in [4.78, 5) is 22.8. The van der Waals surface area contributed by atoms with E-state index in [9.17, 15) is 9.18 Å². The standard InChI is InChI=1S/C24H28ClFN6O2/c1-4-32(5-2)13-12-27-23(33)16-6-8-17(9-7-16)30-24-28-15-20(26)22(31-24)29-18-10-11-21(34-3)19(25)14-18/h6-11,14-15H,4-5,12-13H2,1-3H3,(H,27,33)(H2,28,29,30,31). The van der Waals surface area contributed by atoms with Crippen LogP contribution in [0.2, 0.25) is 5.02 Å². The third-order valence-electron chi connectivity index (χ3n) is 5.17. The molecule has 3 rings (SSSR count). The van der Waals surface area contributed by atoms with Crippen molar-refractivity contribution >= 4 is 40.6 Å². The molecule has 3 N–H and O–H groups in total. The average molecular weight is 487 g/mol. The minimum atomic E-state index is -0.616. The Morgan fingerprint density at radius 3 is 2.44 bits per heavy atom. The Balaban J connectivity index is 1.62. The van der Waals surface area contributed by atoms with E-state index in [1.54, 1.807) is 42.5 Å². The van der Waals surface area contributed by atoms with Crippen LogP contribution in [0.15, 0.2) is 48.7 Å². The summed E-state index contributed by atoms with van der Waals surface area (Å²) in [5.74, 6) is -0.0581. The summed E-state index contributed by atoms with van der Waals surface area (Å²) in [5.41, 5.74) is 1.75. The maximum atomic E-state index is 14.3. The third kappa shape index (κ3) is 6.79. The van der Waals surface area contributed by atoms with Crippen LogP contribution < -0.4 is 20.7 Å². The first-order valence-corrected chi connectivity index (χ1v) is 11.3. The number of likely N-dealkylation sites (N-methyl/N-ethyl adjacent to an activating group) is 1. The van der Waals surface area contributed by atoms with Crippen molar-refractivity contribution < 1.29 is 13.9 Å². The van der Waals surface area contributed by atoms with E-state index in [1.807, 2.05) is 0 Å². The van der Waals surface area contributed by atoms with Gasteiger partial charge in [0, 0.05) is 30.0 Å². The van der Waals surface area contributed by atoms with Crippen molar-refractivity contribution in [2.45, 2.75) is 13.8 Å². The minimum absolute atomic E-state index is 0.0112. The van der Waals surface area contributed by atoms with E-state index < -0.39 is 5.82 Å². The molecule has 2 aromatic carbocycles. The molecule has 0 aliphatic carbocycles. The second-order valence-electron chi connectivity index (χ2n) is 7.35. The lowest BCUT2D eigenvalue weighted by molar-refractivity contribution is 0.0949. The number of ether oxygens (including phenoxy) is 1. The lowest BCUT2D eigenvalue weighted by atomic mass is 10.2. The fourth-order valence-electron chi connectivity index (χ4n) is 3.20. The molecule has 180 valence electrons. The van der Waals surface area contributed by atoms with Crippen LogP contribution in [0.4, 0.5) is 27.5 Å². The van der Waals surface area contributed by atoms with E-state index in [4.69, 9.17) is 16.3 Å². The maximum absolute atomic E-state index is 14.3. The smallest absolute Gasteiger partial charge is 0.251 e. The maximum Gasteiger partial charge on any atom is 0.251 e. The third-order valence-corrected chi connectivity index (χ3v) is 5.47. The highest BCUT2D eigenvalue weighted by Gasteiger charge is 2.11. The Kier molecular flexibility index (Phi) is 9.00. The van der Waals surface area contributed by atoms with Crippen molar-refractivity contribution in [1.82, 2.24) is 20.2 Å². The van der Waals surface area contributed by atoms with Gasteiger partial charge in [-0.2, -0.15) is 4.98 Å². The van der Waals surface area contributed by atoms with Gasteiger partial charge in [0.1, 0.15) is 5.75 Å². The van der Waals surface area contributed by atoms with Crippen molar-refractivity contribution in [3.05, 3.63) is 65.1 Å². The van der Waals surface area contributed by atoms with Crippen molar-refractivity contribution in [2.75, 3.05) is 43.9 Å². The lowest BCUT2D eigenvalue weighted by Crippen LogP contribution is -2.34. The molecule has 0 bridgehead atoms. The molecule has 0 fully saturated rings. The first-order valence-electron chi connectivity index (χ1n) is 10.9. The molecule has 34 heavy (non-hydrogen) atoms. The van der Waals surface area contributed by atoms with Crippen molar-refractivity contribution in [2.24, 2.45) is 0 Å². The zero-order chi connectivity index (χ0) is 24.5. The van der Waals surface area contributed by atoms with E-state index >= 15 is 0 Å². The minimum Gasteiger partial charge on any atom is -0.495 e. The first-order chi connectivity index (χ1) is 16.4. The largest absolute Gasteiger partial charge is 0.495 e. The summed E-state index contributed by atoms with van der Waals surface area (Å²) in [7, 11) is 1.52. The monoisotopic (exact) mass is 486 g/mol. The van der Waals surface area contributed by atoms with Crippen LogP contribution in [-0.4, -0.2) is 54.1 Å². The number of nitrogens with zero attached hydrogens (tertiary/aromatic N) is 3. The molecule has 0 saturated carbocycles. The number of aromatic nitrogens is 2. The van der Waals surface area contributed by atoms with E-state index in [2.05, 4.69) is 44.7 Å². The highest BCUT2D eigenvalue weighted by atomic mass is 35.5. The van der Waals surface area contributed by atoms with Gasteiger partial charge in [-0.25, -0.2) is 9.37 Å². The molecule has 1 aromatic heterocycles. The van der Waals surface area contributed by atoms with Crippen molar-refractivity contribution in [3.63, 3.8) is 0 Å². The van der Waals surface area contributed by atoms with E-state index in [1.165, 1.54) is 7.11 Å². The molecule has 0 aliphatic heterocycles. The lowest BCUT2D eigenvalue weighted by Gasteiger charge is -2.18. The number of methoxy groups -OCH3 is 1. The summed E-state index contributed by atoms with van der Waals surface area (Å²) >= 11 is 6.13. The Morgan fingerprint density at radius 1 is 1.09 bits per heavy atom. The van der Waals surface area contributed by atoms with Gasteiger partial charge < -0.3 is 25.6 Å². The van der Waals surface area contributed by atoms with Crippen LogP contribution in [0.3, 0.4) is 0 Å². The number of rotatable bonds is 11. The van der Waals surface area contributed by atoms with Gasteiger partial charge in [0.05, 0.1) is 18.3 Å². The fourth-order valence-corrected chi connectivity index (χ4v) is 3.46. The zero-order valence-corrected chi connectivity index (χ0v) is 20.1. The molecule has 0 radical (unpaired) electrons. The molecule has 0 unspecified atom stereocenters. The number of carbonyl (C=O) groups is 1. The fraction of sp³-hybridized carbons (Fsp3) is 0.292. The SMILES string of the molecule is CCN(CC)CCNC(=O)c1ccc(Nc2ncc(F)c(Nc3ccc(OC)c(Cl)c3)n2)cc1. The van der Waals surface area contributed by atoms with E-state index in [0.717, 1.165) is 25.8 Å². The highest BCUT2D eigenvalue weighted by molar-refractivity contribution is 6.32. The number of amides is 1. The highest BCUT2D eigenvalue weighted by Crippen LogP contribution is 2.29. The van der Waals surface area contributed by atoms with Gasteiger partial charge >= 0.3 is 0 Å². The predicted octanol–water partition coefficient (Wildman–Crippen LogP) is 4.84. The van der Waals surface area contributed by atoms with Gasteiger partial charge in [-0.3, -0.25) is 4.79 Å². The Morgan fingerprint density at radius 2 is 1.79 bits per heavy atom. The number of hydrogen-bond donors (Lipinski definition) is 3. The van der Waals surface area contributed by atoms with Crippen LogP contribution in [0.1, 0.15) is 24.2 Å². The number of benzene rings is 2. The van der Waals surface area contributed by atoms with Gasteiger partial charge in [0.25, 0.3) is 5.91 Å². The van der Waals surface area contributed by atoms with Gasteiger partial charge in [-0.05, 0) is 55.6 Å². The first kappa shape index (κ1) is 25.2. The van der Waals surface area contributed by atoms with Gasteiger partial charge in [-0.15, -0.1) is 0 Å². The number of carbonyl (C=O) groups excluding carboxylic acids is 1. The molecule has 1 amide bonds.